The van der Waals surface area contributed by atoms with Gasteiger partial charge in [-0.1, -0.05) is 11.6 Å². The number of carbonyl (C=O) groups excluding carboxylic acids is 4. The highest BCUT2D eigenvalue weighted by atomic mass is 35.5. The van der Waals surface area contributed by atoms with Gasteiger partial charge in [0.15, 0.2) is 0 Å². The van der Waals surface area contributed by atoms with Gasteiger partial charge in [0.2, 0.25) is 11.8 Å². The summed E-state index contributed by atoms with van der Waals surface area (Å²) in [7, 11) is 1.23. The molecule has 224 valence electrons. The Morgan fingerprint density at radius 1 is 1.23 bits per heavy atom. The first-order chi connectivity index (χ1) is 20.7. The number of fused-ring (bicyclic) bond motifs is 4. The molecule has 3 aromatic rings. The second-order valence-electron chi connectivity index (χ2n) is 9.48. The van der Waals surface area contributed by atoms with Crippen molar-refractivity contribution in [3.8, 4) is 11.3 Å². The number of methoxy groups -OCH3 is 1. The van der Waals surface area contributed by atoms with E-state index in [1.165, 1.54) is 24.5 Å². The number of ether oxygens (including phenoxy) is 1. The van der Waals surface area contributed by atoms with Gasteiger partial charge in [0.05, 0.1) is 42.8 Å². The molecule has 15 heteroatoms. The number of nitrogens with zero attached hydrogens (tertiary/aromatic N) is 3. The molecule has 0 aliphatic carbocycles. The Morgan fingerprint density at radius 2 is 2.05 bits per heavy atom. The Morgan fingerprint density at radius 3 is 2.81 bits per heavy atom. The van der Waals surface area contributed by atoms with Crippen molar-refractivity contribution in [2.24, 2.45) is 16.8 Å². The maximum Gasteiger partial charge on any atom is 0.411 e. The van der Waals surface area contributed by atoms with Gasteiger partial charge >= 0.3 is 6.09 Å². The number of hydrogen-bond donors (Lipinski definition) is 6. The lowest BCUT2D eigenvalue weighted by Crippen LogP contribution is -2.30. The molecule has 0 spiro atoms. The van der Waals surface area contributed by atoms with Crippen LogP contribution in [0.2, 0.25) is 5.02 Å². The number of benzene rings is 2. The number of aromatic amines is 1. The number of amides is 3. The first-order valence-corrected chi connectivity index (χ1v) is 13.5. The number of anilines is 3. The van der Waals surface area contributed by atoms with Gasteiger partial charge in [-0.05, 0) is 55.3 Å². The molecule has 0 fully saturated rings. The molecule has 0 unspecified atom stereocenters. The zero-order valence-electron chi connectivity index (χ0n) is 23.1. The zero-order valence-corrected chi connectivity index (χ0v) is 23.9. The Bertz CT molecular complexity index is 1590. The van der Waals surface area contributed by atoms with E-state index in [1.807, 2.05) is 0 Å². The van der Waals surface area contributed by atoms with Crippen molar-refractivity contribution >= 4 is 64.8 Å². The van der Waals surface area contributed by atoms with Gasteiger partial charge in [-0.15, -0.1) is 0 Å². The standard InChI is InChI=1S/C28H30ClN9O5/c1-43-28(42)34-18-7-8-20-22(12-18)36-26(41)13-19(39)3-2-4-21(27-32-14-23(20)37-27)35-25(40)10-5-16-11-17(29)6-9-24(16)38(31)15-33-30/h5-12,14-15,21H,2-4,13,30-31H2,1H3,(H,32,37)(H,34,42)(H,35,40)(H,36,41)/b10-5+,33-15-/t21-/m0/s1. The average molecular weight is 608 g/mol. The second kappa shape index (κ2) is 14.1. The number of imidazole rings is 1. The molecular weight excluding hydrogens is 578 g/mol. The number of hydrazine groups is 1. The minimum absolute atomic E-state index is 0.126. The molecule has 43 heavy (non-hydrogen) atoms. The fraction of sp³-hybridized carbons (Fsp3) is 0.214. The van der Waals surface area contributed by atoms with E-state index < -0.39 is 23.9 Å². The molecule has 0 saturated carbocycles. The molecule has 4 rings (SSSR count). The van der Waals surface area contributed by atoms with E-state index in [0.717, 1.165) is 0 Å². The topological polar surface area (TPSA) is 210 Å². The number of nitrogens with one attached hydrogen (secondary N) is 4. The maximum atomic E-state index is 13.0. The van der Waals surface area contributed by atoms with Gasteiger partial charge < -0.3 is 26.2 Å². The number of aromatic nitrogens is 2. The van der Waals surface area contributed by atoms with E-state index >= 15 is 0 Å². The lowest BCUT2D eigenvalue weighted by molar-refractivity contribution is -0.125. The number of nitrogens with two attached hydrogens (primary N) is 2. The molecule has 2 heterocycles. The Labute approximate surface area is 251 Å². The third kappa shape index (κ3) is 8.18. The van der Waals surface area contributed by atoms with E-state index in [9.17, 15) is 19.2 Å². The first kappa shape index (κ1) is 30.7. The summed E-state index contributed by atoms with van der Waals surface area (Å²) in [4.78, 5) is 57.6. The fourth-order valence-electron chi connectivity index (χ4n) is 4.44. The Kier molecular flexibility index (Phi) is 10.1. The molecule has 3 amide bonds. The van der Waals surface area contributed by atoms with Gasteiger partial charge in [-0.3, -0.25) is 24.7 Å². The van der Waals surface area contributed by atoms with Crippen LogP contribution in [0.4, 0.5) is 21.9 Å². The summed E-state index contributed by atoms with van der Waals surface area (Å²) in [6.07, 6.45) is 5.55. The average Bonchev–Trinajstić information content (AvgIpc) is 3.45. The highest BCUT2D eigenvalue weighted by molar-refractivity contribution is 6.30. The lowest BCUT2D eigenvalue weighted by atomic mass is 10.0. The molecular formula is C28H30ClN9O5. The number of rotatable bonds is 6. The smallest absolute Gasteiger partial charge is 0.411 e. The van der Waals surface area contributed by atoms with Gasteiger partial charge in [-0.25, -0.2) is 15.6 Å². The number of halogens is 1. The third-order valence-electron chi connectivity index (χ3n) is 6.44. The van der Waals surface area contributed by atoms with Gasteiger partial charge in [0, 0.05) is 34.3 Å². The molecule has 1 aliphatic rings. The summed E-state index contributed by atoms with van der Waals surface area (Å²) >= 11 is 6.15. The monoisotopic (exact) mass is 607 g/mol. The fourth-order valence-corrected chi connectivity index (χ4v) is 4.62. The van der Waals surface area contributed by atoms with Crippen LogP contribution in [0.15, 0.2) is 53.8 Å². The summed E-state index contributed by atoms with van der Waals surface area (Å²) in [6.45, 7) is 0. The number of carbonyl (C=O) groups is 4. The van der Waals surface area contributed by atoms with E-state index in [-0.39, 0.29) is 18.6 Å². The van der Waals surface area contributed by atoms with Gasteiger partial charge in [0.1, 0.15) is 17.9 Å². The van der Waals surface area contributed by atoms with Crippen LogP contribution in [0.1, 0.15) is 43.1 Å². The van der Waals surface area contributed by atoms with Crippen LogP contribution in [-0.4, -0.2) is 47.1 Å². The molecule has 2 bridgehead atoms. The van der Waals surface area contributed by atoms with Crippen LogP contribution >= 0.6 is 11.6 Å². The number of Topliss-reactive ketones (excluding diaryl/α,β-unsaturated/α-hetero) is 1. The summed E-state index contributed by atoms with van der Waals surface area (Å²) in [6, 6.07) is 9.19. The zero-order chi connectivity index (χ0) is 30.9. The Hall–Kier alpha value is -5.21. The van der Waals surface area contributed by atoms with Crippen molar-refractivity contribution in [2.45, 2.75) is 31.7 Å². The molecule has 1 aliphatic heterocycles. The van der Waals surface area contributed by atoms with Crippen LogP contribution in [0, 0.1) is 0 Å². The normalized spacial score (nSPS) is 15.6. The first-order valence-electron chi connectivity index (χ1n) is 13.1. The Balaban J connectivity index is 1.61. The van der Waals surface area contributed by atoms with Gasteiger partial charge in [-0.2, -0.15) is 5.10 Å². The predicted molar refractivity (Wildman–Crippen MR) is 163 cm³/mol. The van der Waals surface area contributed by atoms with Crippen LogP contribution in [-0.2, 0) is 19.1 Å². The minimum atomic E-state index is -0.682. The minimum Gasteiger partial charge on any atom is -0.453 e. The highest BCUT2D eigenvalue weighted by Gasteiger charge is 2.22. The lowest BCUT2D eigenvalue weighted by Gasteiger charge is -2.16. The van der Waals surface area contributed by atoms with Crippen molar-refractivity contribution < 1.29 is 23.9 Å². The summed E-state index contributed by atoms with van der Waals surface area (Å²) < 4.78 is 4.64. The quantitative estimate of drug-likeness (QED) is 0.0604. The van der Waals surface area contributed by atoms with E-state index in [0.29, 0.717) is 57.6 Å². The number of ketones is 1. The van der Waals surface area contributed by atoms with Crippen molar-refractivity contribution in [3.05, 3.63) is 65.1 Å². The third-order valence-corrected chi connectivity index (χ3v) is 6.67. The van der Waals surface area contributed by atoms with Crippen molar-refractivity contribution in [1.82, 2.24) is 15.3 Å². The molecule has 14 nitrogen and oxygen atoms in total. The molecule has 0 saturated heterocycles. The van der Waals surface area contributed by atoms with Crippen LogP contribution in [0.3, 0.4) is 0 Å². The molecule has 1 aromatic heterocycles. The number of hydrogen-bond acceptors (Lipinski definition) is 9. The van der Waals surface area contributed by atoms with E-state index in [1.54, 1.807) is 48.7 Å². The van der Waals surface area contributed by atoms with E-state index in [4.69, 9.17) is 23.3 Å². The molecule has 0 radical (unpaired) electrons. The van der Waals surface area contributed by atoms with Crippen LogP contribution in [0.5, 0.6) is 0 Å². The van der Waals surface area contributed by atoms with E-state index in [2.05, 4.69) is 35.8 Å². The van der Waals surface area contributed by atoms with Crippen LogP contribution < -0.4 is 32.6 Å². The highest BCUT2D eigenvalue weighted by Crippen LogP contribution is 2.32. The molecule has 8 N–H and O–H groups in total. The van der Waals surface area contributed by atoms with Gasteiger partial charge in [0.25, 0.3) is 0 Å². The van der Waals surface area contributed by atoms with Crippen molar-refractivity contribution in [2.75, 3.05) is 22.8 Å². The number of hydrazone groups is 1. The summed E-state index contributed by atoms with van der Waals surface area (Å²) in [5.74, 6) is 10.4. The number of H-pyrrole nitrogens is 1. The molecule has 1 atom stereocenters. The molecule has 2 aromatic carbocycles. The van der Waals surface area contributed by atoms with Crippen molar-refractivity contribution in [3.63, 3.8) is 0 Å². The SMILES string of the molecule is COC(=O)Nc1ccc2c(c1)NC(=O)CC(=O)CCC[C@H](NC(=O)/C=C/c1cc(Cl)ccc1N(N)/C=N\N)c1ncc-2[nH]1. The maximum absolute atomic E-state index is 13.0. The van der Waals surface area contributed by atoms with Crippen molar-refractivity contribution in [1.29, 1.82) is 0 Å². The summed E-state index contributed by atoms with van der Waals surface area (Å²) in [5.41, 5.74) is 2.86. The second-order valence-corrected chi connectivity index (χ2v) is 9.92. The predicted octanol–water partition coefficient (Wildman–Crippen LogP) is 3.44. The largest absolute Gasteiger partial charge is 0.453 e. The summed E-state index contributed by atoms with van der Waals surface area (Å²) in [5, 5.41) is 13.3. The van der Waals surface area contributed by atoms with Crippen LogP contribution in [0.25, 0.3) is 17.3 Å².